The largest absolute Gasteiger partial charge is 0.396 e. The highest BCUT2D eigenvalue weighted by molar-refractivity contribution is 4.77. The van der Waals surface area contributed by atoms with Gasteiger partial charge in [0.1, 0.15) is 0 Å². The summed E-state index contributed by atoms with van der Waals surface area (Å²) in [5, 5.41) is 30.1. The first kappa shape index (κ1) is 12.9. The minimum atomic E-state index is -0.666. The Morgan fingerprint density at radius 2 is 1.80 bits per heavy atom. The maximum absolute atomic E-state index is 9.20. The van der Waals surface area contributed by atoms with E-state index in [-0.39, 0.29) is 13.2 Å². The van der Waals surface area contributed by atoms with Crippen molar-refractivity contribution in [3.05, 3.63) is 0 Å². The summed E-state index contributed by atoms with van der Waals surface area (Å²) >= 11 is 0. The quantitative estimate of drug-likeness (QED) is 0.494. The topological polar surface area (TPSA) is 72.7 Å². The monoisotopic (exact) mass is 217 g/mol. The first-order valence-corrected chi connectivity index (χ1v) is 5.88. The van der Waals surface area contributed by atoms with Gasteiger partial charge in [-0.3, -0.25) is 0 Å². The fourth-order valence-corrected chi connectivity index (χ4v) is 2.29. The highest BCUT2D eigenvalue weighted by Gasteiger charge is 2.23. The van der Waals surface area contributed by atoms with Gasteiger partial charge in [-0.25, -0.2) is 0 Å². The molecule has 4 nitrogen and oxygen atoms in total. The first-order valence-electron chi connectivity index (χ1n) is 5.88. The van der Waals surface area contributed by atoms with Crippen molar-refractivity contribution in [3.8, 4) is 0 Å². The highest BCUT2D eigenvalue weighted by Crippen LogP contribution is 2.28. The Labute approximate surface area is 91.3 Å². The molecular formula is C11H23NO3. The lowest BCUT2D eigenvalue weighted by molar-refractivity contribution is 0.0881. The molecule has 0 bridgehead atoms. The Balaban J connectivity index is 2.17. The molecule has 1 rings (SSSR count). The Bertz CT molecular complexity index is 166. The average Bonchev–Trinajstić information content (AvgIpc) is 2.29. The van der Waals surface area contributed by atoms with E-state index in [0.29, 0.717) is 18.4 Å². The zero-order chi connectivity index (χ0) is 11.1. The summed E-state index contributed by atoms with van der Waals surface area (Å²) in [5.41, 5.74) is 0. The van der Waals surface area contributed by atoms with Gasteiger partial charge in [-0.15, -0.1) is 0 Å². The summed E-state index contributed by atoms with van der Waals surface area (Å²) in [6.45, 7) is 1.35. The molecule has 0 saturated heterocycles. The molecule has 0 amide bonds. The van der Waals surface area contributed by atoms with Gasteiger partial charge in [-0.2, -0.15) is 0 Å². The predicted molar refractivity (Wildman–Crippen MR) is 58.5 cm³/mol. The van der Waals surface area contributed by atoms with E-state index in [1.807, 2.05) is 0 Å². The van der Waals surface area contributed by atoms with Crippen LogP contribution in [-0.4, -0.2) is 47.7 Å². The van der Waals surface area contributed by atoms with Crippen LogP contribution in [0.2, 0.25) is 0 Å². The van der Waals surface area contributed by atoms with Crippen LogP contribution in [0.3, 0.4) is 0 Å². The van der Waals surface area contributed by atoms with Crippen molar-refractivity contribution in [3.63, 3.8) is 0 Å². The summed E-state index contributed by atoms with van der Waals surface area (Å²) < 4.78 is 0. The second-order valence-electron chi connectivity index (χ2n) is 4.48. The summed E-state index contributed by atoms with van der Waals surface area (Å²) in [7, 11) is 0. The van der Waals surface area contributed by atoms with Crippen LogP contribution in [0.15, 0.2) is 0 Å². The van der Waals surface area contributed by atoms with Gasteiger partial charge in [-0.05, 0) is 31.2 Å². The summed E-state index contributed by atoms with van der Waals surface area (Å²) in [4.78, 5) is 0. The highest BCUT2D eigenvalue weighted by atomic mass is 16.3. The fourth-order valence-electron chi connectivity index (χ4n) is 2.29. The van der Waals surface area contributed by atoms with E-state index < -0.39 is 6.10 Å². The molecule has 0 spiro atoms. The molecule has 1 saturated carbocycles. The molecule has 1 aliphatic carbocycles. The minimum absolute atomic E-state index is 0.193. The molecular weight excluding hydrogens is 194 g/mol. The van der Waals surface area contributed by atoms with Gasteiger partial charge in [-0.1, -0.05) is 12.8 Å². The number of hydrogen-bond acceptors (Lipinski definition) is 4. The smallest absolute Gasteiger partial charge is 0.0894 e. The Hall–Kier alpha value is -0.160. The third-order valence-electron chi connectivity index (χ3n) is 3.30. The van der Waals surface area contributed by atoms with Crippen molar-refractivity contribution < 1.29 is 15.3 Å². The van der Waals surface area contributed by atoms with Gasteiger partial charge >= 0.3 is 0 Å². The average molecular weight is 217 g/mol. The van der Waals surface area contributed by atoms with Crippen LogP contribution in [0, 0.1) is 11.8 Å². The normalized spacial score (nSPS) is 29.0. The van der Waals surface area contributed by atoms with Crippen LogP contribution >= 0.6 is 0 Å². The first-order chi connectivity index (χ1) is 7.27. The second kappa shape index (κ2) is 7.17. The van der Waals surface area contributed by atoms with Gasteiger partial charge in [0.25, 0.3) is 0 Å². The lowest BCUT2D eigenvalue weighted by Crippen LogP contribution is -2.36. The summed E-state index contributed by atoms with van der Waals surface area (Å²) in [6.07, 6.45) is 4.08. The number of rotatable bonds is 6. The second-order valence-corrected chi connectivity index (χ2v) is 4.48. The number of nitrogens with one attached hydrogen (secondary N) is 1. The van der Waals surface area contributed by atoms with Crippen LogP contribution in [0.5, 0.6) is 0 Å². The predicted octanol–water partition coefficient (Wildman–Crippen LogP) is -0.272. The Morgan fingerprint density at radius 3 is 2.40 bits per heavy atom. The van der Waals surface area contributed by atoms with Gasteiger partial charge < -0.3 is 20.6 Å². The van der Waals surface area contributed by atoms with Gasteiger partial charge in [0.05, 0.1) is 12.7 Å². The van der Waals surface area contributed by atoms with E-state index in [4.69, 9.17) is 10.2 Å². The number of aliphatic hydroxyl groups is 3. The van der Waals surface area contributed by atoms with Gasteiger partial charge in [0.2, 0.25) is 0 Å². The molecule has 3 atom stereocenters. The van der Waals surface area contributed by atoms with Crippen LogP contribution in [0.1, 0.15) is 25.7 Å². The van der Waals surface area contributed by atoms with Crippen molar-refractivity contribution in [2.24, 2.45) is 11.8 Å². The van der Waals surface area contributed by atoms with E-state index in [9.17, 15) is 5.11 Å². The van der Waals surface area contributed by atoms with Crippen molar-refractivity contribution in [1.82, 2.24) is 5.32 Å². The van der Waals surface area contributed by atoms with Crippen molar-refractivity contribution >= 4 is 0 Å². The van der Waals surface area contributed by atoms with Crippen LogP contribution in [0.4, 0.5) is 0 Å². The molecule has 0 radical (unpaired) electrons. The molecule has 15 heavy (non-hydrogen) atoms. The van der Waals surface area contributed by atoms with Gasteiger partial charge in [0, 0.05) is 13.2 Å². The molecule has 1 aliphatic rings. The fraction of sp³-hybridized carbons (Fsp3) is 1.00. The van der Waals surface area contributed by atoms with E-state index in [1.54, 1.807) is 0 Å². The van der Waals surface area contributed by atoms with E-state index in [1.165, 1.54) is 12.8 Å². The Kier molecular flexibility index (Phi) is 6.17. The molecule has 0 aromatic carbocycles. The molecule has 0 aliphatic heterocycles. The Morgan fingerprint density at radius 1 is 1.13 bits per heavy atom. The standard InChI is InChI=1S/C11H23NO3/c13-7-10-4-2-1-3-9(10)5-12-6-11(15)8-14/h9-15H,1-8H2/t9?,10?,11-/m0/s1. The number of aliphatic hydroxyl groups excluding tert-OH is 3. The van der Waals surface area contributed by atoms with Crippen molar-refractivity contribution in [2.45, 2.75) is 31.8 Å². The maximum atomic E-state index is 9.20. The minimum Gasteiger partial charge on any atom is -0.396 e. The molecule has 4 N–H and O–H groups in total. The molecule has 1 fully saturated rings. The molecule has 0 aromatic heterocycles. The van der Waals surface area contributed by atoms with Gasteiger partial charge in [0.15, 0.2) is 0 Å². The van der Waals surface area contributed by atoms with E-state index in [2.05, 4.69) is 5.32 Å². The van der Waals surface area contributed by atoms with E-state index >= 15 is 0 Å². The van der Waals surface area contributed by atoms with Crippen LogP contribution in [0.25, 0.3) is 0 Å². The third-order valence-corrected chi connectivity index (χ3v) is 3.30. The third kappa shape index (κ3) is 4.47. The number of hydrogen-bond donors (Lipinski definition) is 4. The zero-order valence-electron chi connectivity index (χ0n) is 9.23. The maximum Gasteiger partial charge on any atom is 0.0894 e. The molecule has 2 unspecified atom stereocenters. The summed E-state index contributed by atoms with van der Waals surface area (Å²) in [5.74, 6) is 0.937. The zero-order valence-corrected chi connectivity index (χ0v) is 9.23. The van der Waals surface area contributed by atoms with Crippen LogP contribution in [-0.2, 0) is 0 Å². The molecule has 90 valence electrons. The summed E-state index contributed by atoms with van der Waals surface area (Å²) in [6, 6.07) is 0. The van der Waals surface area contributed by atoms with Crippen molar-refractivity contribution in [1.29, 1.82) is 0 Å². The molecule has 0 aromatic rings. The SMILES string of the molecule is OCC1CCCCC1CNC[C@H](O)CO. The van der Waals surface area contributed by atoms with Crippen molar-refractivity contribution in [2.75, 3.05) is 26.3 Å². The lowest BCUT2D eigenvalue weighted by Gasteiger charge is -2.30. The molecule has 0 heterocycles. The van der Waals surface area contributed by atoms with E-state index in [0.717, 1.165) is 19.4 Å². The van der Waals surface area contributed by atoms with Crippen LogP contribution < -0.4 is 5.32 Å². The lowest BCUT2D eigenvalue weighted by atomic mass is 9.79. The molecule has 4 heteroatoms.